The molecule has 0 aliphatic heterocycles. The minimum Gasteiger partial charge on any atom is -0.466 e. The Morgan fingerprint density at radius 3 is 2.53 bits per heavy atom. The molecule has 0 aromatic rings. The van der Waals surface area contributed by atoms with Crippen molar-refractivity contribution in [1.82, 2.24) is 5.32 Å². The summed E-state index contributed by atoms with van der Waals surface area (Å²) in [5.74, 6) is -0.612. The van der Waals surface area contributed by atoms with Crippen molar-refractivity contribution in [2.75, 3.05) is 13.2 Å². The van der Waals surface area contributed by atoms with Crippen molar-refractivity contribution >= 4 is 5.97 Å². The maximum Gasteiger partial charge on any atom is 0.406 e. The van der Waals surface area contributed by atoms with Crippen molar-refractivity contribution in [3.05, 3.63) is 0 Å². The van der Waals surface area contributed by atoms with Crippen LogP contribution in [0, 0.1) is 0 Å². The van der Waals surface area contributed by atoms with Crippen molar-refractivity contribution in [2.24, 2.45) is 0 Å². The molecule has 0 aromatic carbocycles. The third kappa shape index (κ3) is 3.85. The number of hydrogen-bond donors (Lipinski definition) is 2. The first-order chi connectivity index (χ1) is 7.81. The van der Waals surface area contributed by atoms with Crippen LogP contribution in [0.3, 0.4) is 0 Å². The number of halogens is 3. The lowest BCUT2D eigenvalue weighted by Gasteiger charge is -2.22. The topological polar surface area (TPSA) is 58.6 Å². The molecule has 7 heteroatoms. The van der Waals surface area contributed by atoms with Crippen LogP contribution in [-0.4, -0.2) is 42.0 Å². The first-order valence-corrected chi connectivity index (χ1v) is 5.46. The van der Waals surface area contributed by atoms with Crippen LogP contribution in [0.2, 0.25) is 0 Å². The third-order valence-corrected chi connectivity index (χ3v) is 2.68. The van der Waals surface area contributed by atoms with Crippen molar-refractivity contribution in [2.45, 2.75) is 44.0 Å². The molecule has 0 heterocycles. The molecule has 1 aliphatic carbocycles. The molecule has 4 nitrogen and oxygen atoms in total. The molecule has 1 fully saturated rings. The Morgan fingerprint density at radius 1 is 1.53 bits per heavy atom. The molecule has 0 radical (unpaired) electrons. The van der Waals surface area contributed by atoms with Crippen LogP contribution in [0.1, 0.15) is 26.2 Å². The number of aliphatic hydroxyl groups excluding tert-OH is 1. The lowest BCUT2D eigenvalue weighted by Crippen LogP contribution is -2.47. The summed E-state index contributed by atoms with van der Waals surface area (Å²) in [4.78, 5) is 11.0. The van der Waals surface area contributed by atoms with E-state index in [1.807, 2.05) is 0 Å². The number of aliphatic hydroxyl groups is 1. The largest absolute Gasteiger partial charge is 0.466 e. The van der Waals surface area contributed by atoms with Gasteiger partial charge in [-0.2, -0.15) is 13.2 Å². The van der Waals surface area contributed by atoms with Crippen LogP contribution in [0.25, 0.3) is 0 Å². The second-order valence-corrected chi connectivity index (χ2v) is 4.12. The fourth-order valence-electron chi connectivity index (χ4n) is 1.48. The van der Waals surface area contributed by atoms with E-state index in [1.165, 1.54) is 0 Å². The van der Waals surface area contributed by atoms with Crippen LogP contribution in [0.15, 0.2) is 0 Å². The first kappa shape index (κ1) is 14.2. The summed E-state index contributed by atoms with van der Waals surface area (Å²) >= 11 is 0. The highest BCUT2D eigenvalue weighted by Gasteiger charge is 2.63. The lowest BCUT2D eigenvalue weighted by atomic mass is 10.2. The number of rotatable bonds is 6. The SMILES string of the molecule is CCOC(=O)CC(O)CNC1(C(F)(F)F)CC1. The molecule has 0 spiro atoms. The Morgan fingerprint density at radius 2 is 2.12 bits per heavy atom. The van der Waals surface area contributed by atoms with Gasteiger partial charge < -0.3 is 15.2 Å². The summed E-state index contributed by atoms with van der Waals surface area (Å²) in [5.41, 5.74) is -1.86. The average molecular weight is 255 g/mol. The van der Waals surface area contributed by atoms with E-state index in [1.54, 1.807) is 6.92 Å². The molecule has 1 saturated carbocycles. The molecule has 0 amide bonds. The van der Waals surface area contributed by atoms with Gasteiger partial charge >= 0.3 is 12.1 Å². The standard InChI is InChI=1S/C10H16F3NO3/c1-2-17-8(16)5-7(15)6-14-9(3-4-9)10(11,12)13/h7,14-15H,2-6H2,1H3. The number of esters is 1. The van der Waals surface area contributed by atoms with E-state index in [9.17, 15) is 23.1 Å². The van der Waals surface area contributed by atoms with Gasteiger partial charge in [0.2, 0.25) is 0 Å². The Balaban J connectivity index is 2.29. The monoisotopic (exact) mass is 255 g/mol. The lowest BCUT2D eigenvalue weighted by molar-refractivity contribution is -0.167. The Hall–Kier alpha value is -0.820. The molecule has 1 unspecified atom stereocenters. The minimum absolute atomic E-state index is 0.0165. The highest BCUT2D eigenvalue weighted by molar-refractivity contribution is 5.69. The summed E-state index contributed by atoms with van der Waals surface area (Å²) in [6, 6.07) is 0. The number of carbonyl (C=O) groups excluding carboxylic acids is 1. The van der Waals surface area contributed by atoms with Gasteiger partial charge in [-0.15, -0.1) is 0 Å². The number of β-amino-alcohol motifs (C(OH)–C–C–N with tert-alkyl or cyclic N) is 1. The van der Waals surface area contributed by atoms with Gasteiger partial charge in [0.15, 0.2) is 0 Å². The zero-order valence-corrected chi connectivity index (χ0v) is 9.51. The van der Waals surface area contributed by atoms with Crippen molar-refractivity contribution in [1.29, 1.82) is 0 Å². The fraction of sp³-hybridized carbons (Fsp3) is 0.900. The quantitative estimate of drug-likeness (QED) is 0.695. The van der Waals surface area contributed by atoms with Gasteiger partial charge in [0.1, 0.15) is 5.54 Å². The van der Waals surface area contributed by atoms with E-state index < -0.39 is 23.8 Å². The number of carbonyl (C=O) groups is 1. The van der Waals surface area contributed by atoms with Gasteiger partial charge in [-0.3, -0.25) is 4.79 Å². The van der Waals surface area contributed by atoms with Crippen LogP contribution >= 0.6 is 0 Å². The molecule has 0 saturated heterocycles. The molecular weight excluding hydrogens is 239 g/mol. The highest BCUT2D eigenvalue weighted by atomic mass is 19.4. The molecule has 0 bridgehead atoms. The zero-order valence-electron chi connectivity index (χ0n) is 9.51. The smallest absolute Gasteiger partial charge is 0.406 e. The fourth-order valence-corrected chi connectivity index (χ4v) is 1.48. The molecule has 1 aliphatic rings. The Kier molecular flexibility index (Phi) is 4.37. The highest BCUT2D eigenvalue weighted by Crippen LogP contribution is 2.48. The molecular formula is C10H16F3NO3. The van der Waals surface area contributed by atoms with Gasteiger partial charge in [-0.1, -0.05) is 0 Å². The van der Waals surface area contributed by atoms with Crippen molar-refractivity contribution in [3.63, 3.8) is 0 Å². The second kappa shape index (κ2) is 5.22. The Labute approximate surface area is 97.1 Å². The van der Waals surface area contributed by atoms with Gasteiger partial charge in [-0.25, -0.2) is 0 Å². The van der Waals surface area contributed by atoms with Gasteiger partial charge in [0, 0.05) is 6.54 Å². The number of nitrogens with one attached hydrogen (secondary N) is 1. The van der Waals surface area contributed by atoms with E-state index in [0.717, 1.165) is 0 Å². The maximum absolute atomic E-state index is 12.5. The summed E-state index contributed by atoms with van der Waals surface area (Å²) in [5, 5.41) is 11.6. The molecule has 17 heavy (non-hydrogen) atoms. The Bertz CT molecular complexity index is 276. The van der Waals surface area contributed by atoms with Gasteiger partial charge in [0.05, 0.1) is 19.1 Å². The van der Waals surface area contributed by atoms with Crippen LogP contribution < -0.4 is 5.32 Å². The molecule has 2 N–H and O–H groups in total. The predicted molar refractivity (Wildman–Crippen MR) is 53.3 cm³/mol. The summed E-state index contributed by atoms with van der Waals surface area (Å²) in [7, 11) is 0. The zero-order chi connectivity index (χ0) is 13.1. The van der Waals surface area contributed by atoms with Crippen LogP contribution in [-0.2, 0) is 9.53 Å². The van der Waals surface area contributed by atoms with E-state index in [2.05, 4.69) is 10.1 Å². The normalized spacial score (nSPS) is 19.8. The van der Waals surface area contributed by atoms with E-state index in [-0.39, 0.29) is 32.4 Å². The average Bonchev–Trinajstić information content (AvgIpc) is 2.94. The molecule has 100 valence electrons. The predicted octanol–water partition coefficient (Wildman–Crippen LogP) is 0.985. The minimum atomic E-state index is -4.31. The van der Waals surface area contributed by atoms with Crippen LogP contribution in [0.5, 0.6) is 0 Å². The number of alkyl halides is 3. The molecule has 0 aromatic heterocycles. The first-order valence-electron chi connectivity index (χ1n) is 5.46. The van der Waals surface area contributed by atoms with Gasteiger partial charge in [0.25, 0.3) is 0 Å². The maximum atomic E-state index is 12.5. The van der Waals surface area contributed by atoms with E-state index >= 15 is 0 Å². The summed E-state index contributed by atoms with van der Waals surface area (Å²) in [6.45, 7) is 1.54. The molecule has 1 atom stereocenters. The second-order valence-electron chi connectivity index (χ2n) is 4.12. The van der Waals surface area contributed by atoms with Crippen molar-refractivity contribution in [3.8, 4) is 0 Å². The molecule has 1 rings (SSSR count). The van der Waals surface area contributed by atoms with E-state index in [0.29, 0.717) is 0 Å². The van der Waals surface area contributed by atoms with Crippen LogP contribution in [0.4, 0.5) is 13.2 Å². The summed E-state index contributed by atoms with van der Waals surface area (Å²) < 4.78 is 42.1. The third-order valence-electron chi connectivity index (χ3n) is 2.68. The van der Waals surface area contributed by atoms with Crippen molar-refractivity contribution < 1.29 is 27.8 Å². The van der Waals surface area contributed by atoms with E-state index in [4.69, 9.17) is 0 Å². The summed E-state index contributed by atoms with van der Waals surface area (Å²) in [6.07, 6.45) is -5.73. The van der Waals surface area contributed by atoms with Gasteiger partial charge in [-0.05, 0) is 19.8 Å². The number of hydrogen-bond acceptors (Lipinski definition) is 4. The number of ether oxygens (including phenoxy) is 1.